The second-order valence-electron chi connectivity index (χ2n) is 4.54. The molecule has 0 amide bonds. The van der Waals surface area contributed by atoms with Crippen molar-refractivity contribution < 1.29 is 0 Å². The fourth-order valence-corrected chi connectivity index (χ4v) is 1.91. The van der Waals surface area contributed by atoms with Crippen LogP contribution < -0.4 is 0 Å². The van der Waals surface area contributed by atoms with Gasteiger partial charge in [0, 0.05) is 0 Å². The molecule has 0 bridgehead atoms. The molecule has 0 fully saturated rings. The van der Waals surface area contributed by atoms with Gasteiger partial charge >= 0.3 is 0 Å². The summed E-state index contributed by atoms with van der Waals surface area (Å²) in [7, 11) is 0. The van der Waals surface area contributed by atoms with E-state index in [-0.39, 0.29) is 0 Å². The van der Waals surface area contributed by atoms with Gasteiger partial charge in [0.05, 0.1) is 0 Å². The highest BCUT2D eigenvalue weighted by atomic mass is 14.0. The molecule has 1 radical (unpaired) electrons. The van der Waals surface area contributed by atoms with Crippen molar-refractivity contribution >= 4 is 0 Å². The highest BCUT2D eigenvalue weighted by Crippen LogP contribution is 2.11. The van der Waals surface area contributed by atoms with Crippen molar-refractivity contribution in [2.75, 3.05) is 0 Å². The summed E-state index contributed by atoms with van der Waals surface area (Å²) in [6.07, 6.45) is 19.6. The predicted octanol–water partition coefficient (Wildman–Crippen LogP) is 5.68. The second-order valence-corrected chi connectivity index (χ2v) is 4.54. The van der Waals surface area contributed by atoms with Crippen molar-refractivity contribution in [3.05, 3.63) is 12.7 Å². The molecule has 0 aliphatic heterocycles. The molecule has 0 spiro atoms. The van der Waals surface area contributed by atoms with Crippen LogP contribution in [0.5, 0.6) is 0 Å². The summed E-state index contributed by atoms with van der Waals surface area (Å²) in [6.45, 7) is 5.90. The molecule has 0 saturated heterocycles. The van der Waals surface area contributed by atoms with Crippen LogP contribution in [0.2, 0.25) is 0 Å². The Kier molecular flexibility index (Phi) is 13.5. The SMILES string of the molecule is C=[C]CCCCCCCCCCCCC. The molecule has 0 atom stereocenters. The minimum absolute atomic E-state index is 1.08. The number of rotatable bonds is 12. The average Bonchev–Trinajstić information content (AvgIpc) is 2.26. The highest BCUT2D eigenvalue weighted by molar-refractivity contribution is 4.55. The molecule has 15 heavy (non-hydrogen) atoms. The Morgan fingerprint density at radius 3 is 1.47 bits per heavy atom. The Labute approximate surface area is 97.2 Å². The summed E-state index contributed by atoms with van der Waals surface area (Å²) >= 11 is 0. The van der Waals surface area contributed by atoms with Gasteiger partial charge < -0.3 is 0 Å². The van der Waals surface area contributed by atoms with E-state index in [4.69, 9.17) is 0 Å². The van der Waals surface area contributed by atoms with E-state index in [0.29, 0.717) is 0 Å². The van der Waals surface area contributed by atoms with Crippen LogP contribution in [-0.4, -0.2) is 0 Å². The van der Waals surface area contributed by atoms with Gasteiger partial charge in [-0.3, -0.25) is 0 Å². The summed E-state index contributed by atoms with van der Waals surface area (Å²) in [5, 5.41) is 0. The number of hydrogen-bond acceptors (Lipinski definition) is 0. The van der Waals surface area contributed by atoms with Crippen molar-refractivity contribution in [3.63, 3.8) is 0 Å². The summed E-state index contributed by atoms with van der Waals surface area (Å²) in [5.74, 6) is 0. The topological polar surface area (TPSA) is 0 Å². The van der Waals surface area contributed by atoms with E-state index >= 15 is 0 Å². The van der Waals surface area contributed by atoms with E-state index in [1.807, 2.05) is 0 Å². The third-order valence-electron chi connectivity index (χ3n) is 2.96. The molecule has 0 saturated carbocycles. The molecule has 0 heteroatoms. The fraction of sp³-hybridized carbons (Fsp3) is 0.867. The zero-order valence-electron chi connectivity index (χ0n) is 10.7. The van der Waals surface area contributed by atoms with E-state index < -0.39 is 0 Å². The third-order valence-corrected chi connectivity index (χ3v) is 2.96. The van der Waals surface area contributed by atoms with Gasteiger partial charge in [-0.25, -0.2) is 0 Å². The number of unbranched alkanes of at least 4 members (excludes halogenated alkanes) is 11. The normalized spacial score (nSPS) is 10.5. The van der Waals surface area contributed by atoms with Crippen LogP contribution in [-0.2, 0) is 0 Å². The van der Waals surface area contributed by atoms with Gasteiger partial charge in [-0.1, -0.05) is 83.8 Å². The van der Waals surface area contributed by atoms with Gasteiger partial charge in [-0.2, -0.15) is 0 Å². The number of hydrogen-bond donors (Lipinski definition) is 0. The first-order valence-electron chi connectivity index (χ1n) is 6.91. The van der Waals surface area contributed by atoms with E-state index in [2.05, 4.69) is 19.6 Å². The first-order chi connectivity index (χ1) is 7.41. The van der Waals surface area contributed by atoms with Crippen LogP contribution in [0.25, 0.3) is 0 Å². The largest absolute Gasteiger partial charge is 0.0956 e. The summed E-state index contributed by atoms with van der Waals surface area (Å²) < 4.78 is 0. The quantitative estimate of drug-likeness (QED) is 0.363. The molecule has 0 aromatic heterocycles. The smallest absolute Gasteiger partial charge is 0.0282 e. The minimum Gasteiger partial charge on any atom is -0.0956 e. The lowest BCUT2D eigenvalue weighted by Gasteiger charge is -2.01. The van der Waals surface area contributed by atoms with Crippen LogP contribution in [0.1, 0.15) is 84.0 Å². The van der Waals surface area contributed by atoms with Gasteiger partial charge in [0.25, 0.3) is 0 Å². The Bertz CT molecular complexity index is 115. The van der Waals surface area contributed by atoms with Gasteiger partial charge in [0.15, 0.2) is 0 Å². The molecular weight excluding hydrogens is 180 g/mol. The van der Waals surface area contributed by atoms with Crippen molar-refractivity contribution in [1.29, 1.82) is 0 Å². The molecule has 0 aromatic carbocycles. The van der Waals surface area contributed by atoms with Gasteiger partial charge in [-0.15, -0.1) is 0 Å². The first kappa shape index (κ1) is 14.7. The van der Waals surface area contributed by atoms with Crippen molar-refractivity contribution in [3.8, 4) is 0 Å². The van der Waals surface area contributed by atoms with Crippen LogP contribution in [0.3, 0.4) is 0 Å². The Balaban J connectivity index is 2.83. The Morgan fingerprint density at radius 2 is 1.07 bits per heavy atom. The summed E-state index contributed by atoms with van der Waals surface area (Å²) in [6, 6.07) is 0. The molecule has 89 valence electrons. The zero-order chi connectivity index (χ0) is 11.2. The van der Waals surface area contributed by atoms with E-state index in [9.17, 15) is 0 Å². The lowest BCUT2D eigenvalue weighted by Crippen LogP contribution is -1.81. The average molecular weight is 209 g/mol. The van der Waals surface area contributed by atoms with Gasteiger partial charge in [0.2, 0.25) is 0 Å². The maximum Gasteiger partial charge on any atom is -0.0282 e. The molecule has 0 heterocycles. The molecular formula is C15H29. The maximum absolute atomic E-state index is 3.62. The Hall–Kier alpha value is -0.260. The van der Waals surface area contributed by atoms with E-state index in [0.717, 1.165) is 6.42 Å². The molecule has 0 nitrogen and oxygen atoms in total. The summed E-state index contributed by atoms with van der Waals surface area (Å²) in [4.78, 5) is 0. The van der Waals surface area contributed by atoms with Crippen LogP contribution in [0.15, 0.2) is 6.58 Å². The lowest BCUT2D eigenvalue weighted by atomic mass is 10.1. The van der Waals surface area contributed by atoms with E-state index in [1.54, 1.807) is 0 Å². The monoisotopic (exact) mass is 209 g/mol. The zero-order valence-corrected chi connectivity index (χ0v) is 10.7. The van der Waals surface area contributed by atoms with E-state index in [1.165, 1.54) is 70.6 Å². The van der Waals surface area contributed by atoms with Crippen molar-refractivity contribution in [1.82, 2.24) is 0 Å². The third kappa shape index (κ3) is 13.7. The van der Waals surface area contributed by atoms with Crippen molar-refractivity contribution in [2.24, 2.45) is 0 Å². The van der Waals surface area contributed by atoms with Crippen LogP contribution in [0.4, 0.5) is 0 Å². The first-order valence-corrected chi connectivity index (χ1v) is 6.91. The highest BCUT2D eigenvalue weighted by Gasteiger charge is 1.92. The molecule has 0 N–H and O–H groups in total. The predicted molar refractivity (Wildman–Crippen MR) is 69.9 cm³/mol. The fourth-order valence-electron chi connectivity index (χ4n) is 1.91. The van der Waals surface area contributed by atoms with Gasteiger partial charge in [0.1, 0.15) is 0 Å². The molecule has 0 aromatic rings. The summed E-state index contributed by atoms with van der Waals surface area (Å²) in [5.41, 5.74) is 0. The molecule has 0 aliphatic carbocycles. The molecule has 0 unspecified atom stereocenters. The van der Waals surface area contributed by atoms with Crippen LogP contribution in [0, 0.1) is 6.08 Å². The second kappa shape index (κ2) is 13.7. The lowest BCUT2D eigenvalue weighted by molar-refractivity contribution is 0.550. The molecule has 0 aliphatic rings. The minimum atomic E-state index is 1.08. The Morgan fingerprint density at radius 1 is 0.667 bits per heavy atom. The maximum atomic E-state index is 3.62. The number of allylic oxidation sites excluding steroid dienone is 1. The van der Waals surface area contributed by atoms with Gasteiger partial charge in [-0.05, 0) is 12.8 Å². The van der Waals surface area contributed by atoms with Crippen LogP contribution >= 0.6 is 0 Å². The standard InChI is InChI=1S/C15H29/c1-3-5-7-9-11-13-15-14-12-10-8-6-4-2/h1,4-15H2,2H3. The van der Waals surface area contributed by atoms with Crippen molar-refractivity contribution in [2.45, 2.75) is 84.0 Å². The molecule has 0 rings (SSSR count).